The third kappa shape index (κ3) is 3.94. The topological polar surface area (TPSA) is 74.9 Å². The van der Waals surface area contributed by atoms with Gasteiger partial charge in [0.25, 0.3) is 5.91 Å². The van der Waals surface area contributed by atoms with E-state index in [2.05, 4.69) is 9.88 Å². The highest BCUT2D eigenvalue weighted by Crippen LogP contribution is 2.21. The molecule has 3 rings (SSSR count). The van der Waals surface area contributed by atoms with E-state index in [1.165, 1.54) is 0 Å². The number of hydrogen-bond acceptors (Lipinski definition) is 5. The lowest BCUT2D eigenvalue weighted by Crippen LogP contribution is -2.50. The van der Waals surface area contributed by atoms with Gasteiger partial charge in [0.1, 0.15) is 5.69 Å². The van der Waals surface area contributed by atoms with Crippen molar-refractivity contribution in [1.82, 2.24) is 14.8 Å². The first-order valence-electron chi connectivity index (χ1n) is 9.50. The van der Waals surface area contributed by atoms with Crippen molar-refractivity contribution in [2.24, 2.45) is 0 Å². The van der Waals surface area contributed by atoms with E-state index >= 15 is 0 Å². The van der Waals surface area contributed by atoms with Crippen LogP contribution < -0.4 is 0 Å². The molecule has 1 amide bonds. The van der Waals surface area contributed by atoms with Crippen LogP contribution in [0.25, 0.3) is 0 Å². The number of piperazine rings is 1. The molecule has 0 aliphatic carbocycles. The molecule has 0 saturated carbocycles. The summed E-state index contributed by atoms with van der Waals surface area (Å²) in [5.41, 5.74) is 2.33. The minimum atomic E-state index is -0.376. The van der Waals surface area contributed by atoms with E-state index in [4.69, 9.17) is 9.47 Å². The highest BCUT2D eigenvalue weighted by atomic mass is 16.5. The molecule has 0 unspecified atom stereocenters. The largest absolute Gasteiger partial charge is 0.462 e. The van der Waals surface area contributed by atoms with Gasteiger partial charge in [-0.2, -0.15) is 0 Å². The Labute approximate surface area is 154 Å². The molecule has 2 fully saturated rings. The zero-order valence-corrected chi connectivity index (χ0v) is 16.0. The molecule has 3 heterocycles. The Morgan fingerprint density at radius 3 is 2.58 bits per heavy atom. The van der Waals surface area contributed by atoms with E-state index < -0.39 is 0 Å². The number of aromatic amines is 1. The van der Waals surface area contributed by atoms with Crippen LogP contribution in [0.1, 0.15) is 51.9 Å². The molecule has 0 bridgehead atoms. The van der Waals surface area contributed by atoms with Crippen molar-refractivity contribution >= 4 is 11.9 Å². The van der Waals surface area contributed by atoms with E-state index in [1.54, 1.807) is 20.8 Å². The molecule has 144 valence electrons. The van der Waals surface area contributed by atoms with Crippen molar-refractivity contribution in [3.05, 3.63) is 22.5 Å². The molecule has 7 nitrogen and oxygen atoms in total. The van der Waals surface area contributed by atoms with Crippen molar-refractivity contribution in [1.29, 1.82) is 0 Å². The van der Waals surface area contributed by atoms with Crippen LogP contribution in [0.15, 0.2) is 0 Å². The van der Waals surface area contributed by atoms with Gasteiger partial charge in [-0.05, 0) is 39.2 Å². The fourth-order valence-electron chi connectivity index (χ4n) is 3.84. The molecule has 2 aliphatic rings. The van der Waals surface area contributed by atoms with Gasteiger partial charge in [0.2, 0.25) is 0 Å². The fourth-order valence-corrected chi connectivity index (χ4v) is 3.84. The van der Waals surface area contributed by atoms with Gasteiger partial charge in [-0.3, -0.25) is 9.69 Å². The second kappa shape index (κ2) is 8.22. The first-order valence-corrected chi connectivity index (χ1v) is 9.50. The first kappa shape index (κ1) is 18.9. The Hall–Kier alpha value is -1.86. The molecule has 26 heavy (non-hydrogen) atoms. The van der Waals surface area contributed by atoms with Crippen molar-refractivity contribution in [2.75, 3.05) is 45.9 Å². The number of carbonyl (C=O) groups excluding carboxylic acids is 2. The number of hydrogen-bond donors (Lipinski definition) is 1. The summed E-state index contributed by atoms with van der Waals surface area (Å²) < 4.78 is 10.8. The average Bonchev–Trinajstić information content (AvgIpc) is 3.23. The van der Waals surface area contributed by atoms with Crippen LogP contribution in [0.5, 0.6) is 0 Å². The monoisotopic (exact) mass is 363 g/mol. The molecular weight excluding hydrogens is 334 g/mol. The minimum Gasteiger partial charge on any atom is -0.462 e. The molecular formula is C19H29N3O4. The lowest BCUT2D eigenvalue weighted by Gasteiger charge is -2.35. The van der Waals surface area contributed by atoms with E-state index in [0.717, 1.165) is 39.1 Å². The lowest BCUT2D eigenvalue weighted by atomic mass is 10.1. The molecule has 1 aromatic heterocycles. The predicted molar refractivity (Wildman–Crippen MR) is 97.5 cm³/mol. The predicted octanol–water partition coefficient (Wildman–Crippen LogP) is 1.75. The first-order chi connectivity index (χ1) is 12.5. The van der Waals surface area contributed by atoms with Crippen LogP contribution in [0.3, 0.4) is 0 Å². The number of nitrogens with zero attached hydrogens (tertiary/aromatic N) is 2. The summed E-state index contributed by atoms with van der Waals surface area (Å²) in [5.74, 6) is -0.419. The summed E-state index contributed by atoms with van der Waals surface area (Å²) in [6, 6.07) is 0. The van der Waals surface area contributed by atoms with Gasteiger partial charge in [-0.15, -0.1) is 0 Å². The number of aromatic nitrogens is 1. The van der Waals surface area contributed by atoms with E-state index in [0.29, 0.717) is 48.3 Å². The van der Waals surface area contributed by atoms with Crippen LogP contribution in [-0.4, -0.2) is 78.7 Å². The fraction of sp³-hybridized carbons (Fsp3) is 0.684. The summed E-state index contributed by atoms with van der Waals surface area (Å²) in [6.07, 6.45) is 2.63. The van der Waals surface area contributed by atoms with Gasteiger partial charge in [0, 0.05) is 45.0 Å². The van der Waals surface area contributed by atoms with E-state index in [9.17, 15) is 9.59 Å². The Balaban J connectivity index is 1.61. The molecule has 0 spiro atoms. The Morgan fingerprint density at radius 2 is 1.96 bits per heavy atom. The number of amides is 1. The van der Waals surface area contributed by atoms with E-state index in [1.807, 2.05) is 4.90 Å². The SMILES string of the molecule is CCOC(=O)c1c(C)[nH]c(C(=O)N2CCN(C[C@H]3CCCO3)CC2)c1C. The third-order valence-corrected chi connectivity index (χ3v) is 5.28. The quantitative estimate of drug-likeness (QED) is 0.807. The molecule has 1 atom stereocenters. The Morgan fingerprint density at radius 1 is 1.23 bits per heavy atom. The van der Waals surface area contributed by atoms with Gasteiger partial charge in [-0.25, -0.2) is 4.79 Å². The second-order valence-corrected chi connectivity index (χ2v) is 7.07. The summed E-state index contributed by atoms with van der Waals surface area (Å²) in [6.45, 7) is 10.6. The number of H-pyrrole nitrogens is 1. The molecule has 2 aliphatic heterocycles. The highest BCUT2D eigenvalue weighted by molar-refractivity contribution is 6.00. The van der Waals surface area contributed by atoms with Gasteiger partial charge >= 0.3 is 5.97 Å². The zero-order chi connectivity index (χ0) is 18.7. The van der Waals surface area contributed by atoms with Gasteiger partial charge in [-0.1, -0.05) is 0 Å². The van der Waals surface area contributed by atoms with Crippen LogP contribution in [0.4, 0.5) is 0 Å². The number of nitrogens with one attached hydrogen (secondary N) is 1. The third-order valence-electron chi connectivity index (χ3n) is 5.28. The molecule has 0 aromatic carbocycles. The number of carbonyl (C=O) groups is 2. The maximum absolute atomic E-state index is 12.9. The summed E-state index contributed by atoms with van der Waals surface area (Å²) in [7, 11) is 0. The maximum atomic E-state index is 12.9. The molecule has 1 aromatic rings. The zero-order valence-electron chi connectivity index (χ0n) is 16.0. The van der Waals surface area contributed by atoms with Crippen LogP contribution in [-0.2, 0) is 9.47 Å². The number of ether oxygens (including phenoxy) is 2. The average molecular weight is 363 g/mol. The normalized spacial score (nSPS) is 21.2. The standard InChI is InChI=1S/C19H29N3O4/c1-4-25-19(24)16-13(2)17(20-14(16)3)18(23)22-9-7-21(8-10-22)12-15-6-5-11-26-15/h15,20H,4-12H2,1-3H3/t15-/m1/s1. The summed E-state index contributed by atoms with van der Waals surface area (Å²) >= 11 is 0. The summed E-state index contributed by atoms with van der Waals surface area (Å²) in [5, 5.41) is 0. The molecule has 2 saturated heterocycles. The Bertz CT molecular complexity index is 656. The van der Waals surface area contributed by atoms with Gasteiger partial charge in [0.05, 0.1) is 18.3 Å². The minimum absolute atomic E-state index is 0.0436. The van der Waals surface area contributed by atoms with E-state index in [-0.39, 0.29) is 11.9 Å². The number of esters is 1. The van der Waals surface area contributed by atoms with Crippen molar-refractivity contribution in [2.45, 2.75) is 39.7 Å². The Kier molecular flexibility index (Phi) is 5.98. The second-order valence-electron chi connectivity index (χ2n) is 7.07. The smallest absolute Gasteiger partial charge is 0.340 e. The number of rotatable bonds is 5. The van der Waals surface area contributed by atoms with Crippen molar-refractivity contribution in [3.8, 4) is 0 Å². The van der Waals surface area contributed by atoms with Gasteiger partial charge in [0.15, 0.2) is 0 Å². The maximum Gasteiger partial charge on any atom is 0.340 e. The van der Waals surface area contributed by atoms with Crippen molar-refractivity contribution < 1.29 is 19.1 Å². The van der Waals surface area contributed by atoms with Crippen LogP contribution in [0.2, 0.25) is 0 Å². The molecule has 1 N–H and O–H groups in total. The van der Waals surface area contributed by atoms with Gasteiger partial charge < -0.3 is 19.4 Å². The van der Waals surface area contributed by atoms with Crippen LogP contribution >= 0.6 is 0 Å². The molecule has 0 radical (unpaired) electrons. The van der Waals surface area contributed by atoms with Crippen molar-refractivity contribution in [3.63, 3.8) is 0 Å². The number of aryl methyl sites for hydroxylation is 1. The molecule has 7 heteroatoms. The van der Waals surface area contributed by atoms with Crippen LogP contribution in [0, 0.1) is 13.8 Å². The summed E-state index contributed by atoms with van der Waals surface area (Å²) in [4.78, 5) is 32.4. The lowest BCUT2D eigenvalue weighted by molar-refractivity contribution is 0.0429. The highest BCUT2D eigenvalue weighted by Gasteiger charge is 2.29.